The lowest BCUT2D eigenvalue weighted by Crippen LogP contribution is -2.47. The van der Waals surface area contributed by atoms with Crippen LogP contribution in [0.2, 0.25) is 10.0 Å². The van der Waals surface area contributed by atoms with Crippen LogP contribution in [0.4, 0.5) is 0 Å². The third-order valence-electron chi connectivity index (χ3n) is 7.50. The molecule has 1 saturated carbocycles. The van der Waals surface area contributed by atoms with E-state index < -0.39 is 16.4 Å². The number of carbonyl (C=O) groups excluding carboxylic acids is 1. The molecule has 4 aromatic rings. The Bertz CT molecular complexity index is 1850. The zero-order chi connectivity index (χ0) is 34.7. The van der Waals surface area contributed by atoms with E-state index in [1.165, 1.54) is 26.8 Å². The van der Waals surface area contributed by atoms with E-state index in [9.17, 15) is 9.90 Å². The third kappa shape index (κ3) is 9.81. The molecule has 1 fully saturated rings. The van der Waals surface area contributed by atoms with Crippen molar-refractivity contribution in [3.05, 3.63) is 123 Å². The number of aliphatic hydroxyl groups is 1. The molecule has 1 aliphatic carbocycles. The molecule has 0 radical (unpaired) electrons. The fourth-order valence-electron chi connectivity index (χ4n) is 4.70. The topological polar surface area (TPSA) is 111 Å². The zero-order valence-electron chi connectivity index (χ0n) is 26.5. The molecule has 2 N–H and O–H groups in total. The number of allylic oxidation sites excluding steroid dienone is 1. The molecule has 1 atom stereocenters. The van der Waals surface area contributed by atoms with Crippen molar-refractivity contribution < 1.29 is 24.2 Å². The number of hydrogen-bond donors (Lipinski definition) is 2. The van der Waals surface area contributed by atoms with Crippen LogP contribution in [0.1, 0.15) is 36.5 Å². The van der Waals surface area contributed by atoms with E-state index in [-0.39, 0.29) is 12.1 Å². The van der Waals surface area contributed by atoms with E-state index in [0.29, 0.717) is 38.3 Å². The Morgan fingerprint density at radius 3 is 2.42 bits per heavy atom. The summed E-state index contributed by atoms with van der Waals surface area (Å²) in [6, 6.07) is 21.9. The fourth-order valence-corrected chi connectivity index (χ4v) is 5.42. The van der Waals surface area contributed by atoms with Crippen molar-refractivity contribution in [3.8, 4) is 5.75 Å². The van der Waals surface area contributed by atoms with E-state index in [2.05, 4.69) is 15.2 Å². The van der Waals surface area contributed by atoms with Gasteiger partial charge in [-0.15, -0.1) is 11.6 Å². The van der Waals surface area contributed by atoms with Crippen LogP contribution >= 0.6 is 47.0 Å². The smallest absolute Gasteiger partial charge is 0.341 e. The van der Waals surface area contributed by atoms with Crippen molar-refractivity contribution >= 4 is 70.4 Å². The lowest BCUT2D eigenvalue weighted by atomic mass is 9.89. The summed E-state index contributed by atoms with van der Waals surface area (Å²) >= 11 is 23.8. The molecule has 5 rings (SSSR count). The Labute approximate surface area is 299 Å². The molecule has 3 aromatic carbocycles. The summed E-state index contributed by atoms with van der Waals surface area (Å²) in [7, 11) is 2.76. The number of nitrogens with one attached hydrogen (secondary N) is 1. The van der Waals surface area contributed by atoms with Gasteiger partial charge in [0.1, 0.15) is 17.5 Å². The first-order valence-corrected chi connectivity index (χ1v) is 16.3. The molecule has 13 heteroatoms. The van der Waals surface area contributed by atoms with Crippen LogP contribution in [-0.4, -0.2) is 56.2 Å². The van der Waals surface area contributed by atoms with Gasteiger partial charge in [0.25, 0.3) is 0 Å². The number of esters is 1. The van der Waals surface area contributed by atoms with Gasteiger partial charge in [0, 0.05) is 22.0 Å². The predicted molar refractivity (Wildman–Crippen MR) is 193 cm³/mol. The Kier molecular flexibility index (Phi) is 13.0. The van der Waals surface area contributed by atoms with Gasteiger partial charge in [-0.25, -0.2) is 9.78 Å². The molecule has 48 heavy (non-hydrogen) atoms. The Hall–Kier alpha value is -3.93. The van der Waals surface area contributed by atoms with Crippen LogP contribution in [-0.2, 0) is 27.2 Å². The van der Waals surface area contributed by atoms with E-state index in [1.807, 2.05) is 60.7 Å². The standard InChI is InChI=1S/C21H20ClNO4.C14H15Cl2N3OS/c1-15(8-9-16-10-12-17(22)13-11-16)23-27-20-7-5-4-6-18(20)19(14-25-2)21(24)26-3;15-11-4-2-1-3-10(11)7-14(20,13(16)5-6-13)8-19-12(21)17-9-18-19/h4-14H,1-3H3;1-4,9,20H,5-8H2,(H,17,18,21)/b9-8+,19-14+,23-15+;. The van der Waals surface area contributed by atoms with Crippen LogP contribution in [0.5, 0.6) is 5.75 Å². The Morgan fingerprint density at radius 2 is 1.79 bits per heavy atom. The van der Waals surface area contributed by atoms with Gasteiger partial charge < -0.3 is 19.4 Å². The number of methoxy groups -OCH3 is 2. The molecule has 0 amide bonds. The molecule has 1 unspecified atom stereocenters. The van der Waals surface area contributed by atoms with Crippen molar-refractivity contribution in [2.75, 3.05) is 14.2 Å². The van der Waals surface area contributed by atoms with Crippen molar-refractivity contribution in [2.24, 2.45) is 5.16 Å². The molecular weight excluding hydrogens is 695 g/mol. The van der Waals surface area contributed by atoms with E-state index in [4.69, 9.17) is 61.3 Å². The summed E-state index contributed by atoms with van der Waals surface area (Å²) in [5.74, 6) is -0.123. The van der Waals surface area contributed by atoms with Gasteiger partial charge in [0.2, 0.25) is 4.77 Å². The first-order chi connectivity index (χ1) is 23.0. The number of nitrogens with zero attached hydrogens (tertiary/aromatic N) is 3. The number of aromatic nitrogens is 3. The number of halogens is 3. The van der Waals surface area contributed by atoms with Gasteiger partial charge in [-0.2, -0.15) is 0 Å². The van der Waals surface area contributed by atoms with Crippen LogP contribution < -0.4 is 4.84 Å². The molecule has 0 spiro atoms. The molecule has 0 aliphatic heterocycles. The van der Waals surface area contributed by atoms with Crippen molar-refractivity contribution in [3.63, 3.8) is 0 Å². The lowest BCUT2D eigenvalue weighted by Gasteiger charge is -2.33. The summed E-state index contributed by atoms with van der Waals surface area (Å²) in [6.45, 7) is 2.07. The summed E-state index contributed by atoms with van der Waals surface area (Å²) in [6.07, 6.45) is 8.45. The summed E-state index contributed by atoms with van der Waals surface area (Å²) in [4.78, 5) is 20.9. The van der Waals surface area contributed by atoms with Gasteiger partial charge in [0.05, 0.1) is 37.6 Å². The molecule has 0 bridgehead atoms. The molecule has 1 aliphatic rings. The van der Waals surface area contributed by atoms with Gasteiger partial charge in [0.15, 0.2) is 5.75 Å². The molecule has 252 valence electrons. The second kappa shape index (κ2) is 16.9. The highest BCUT2D eigenvalue weighted by molar-refractivity contribution is 7.71. The number of benzene rings is 3. The number of oxime groups is 1. The number of hydrogen-bond acceptors (Lipinski definition) is 8. The number of para-hydroxylation sites is 1. The van der Waals surface area contributed by atoms with Gasteiger partial charge in [-0.05, 0) is 73.5 Å². The summed E-state index contributed by atoms with van der Waals surface area (Å²) in [5, 5.41) is 19.5. The predicted octanol–water partition coefficient (Wildman–Crippen LogP) is 8.31. The first kappa shape index (κ1) is 36.9. The van der Waals surface area contributed by atoms with Crippen molar-refractivity contribution in [2.45, 2.75) is 43.2 Å². The number of rotatable bonds is 12. The lowest BCUT2D eigenvalue weighted by molar-refractivity contribution is -0.133. The highest BCUT2D eigenvalue weighted by Crippen LogP contribution is 2.53. The number of carbonyl (C=O) groups is 1. The monoisotopic (exact) mass is 728 g/mol. The molecular formula is C35H35Cl3N4O5S. The highest BCUT2D eigenvalue weighted by atomic mass is 35.5. The number of aromatic amines is 1. The average Bonchev–Trinajstić information content (AvgIpc) is 3.74. The quantitative estimate of drug-likeness (QED) is 0.0287. The molecule has 0 saturated heterocycles. The number of alkyl halides is 1. The van der Waals surface area contributed by atoms with Crippen molar-refractivity contribution in [1.29, 1.82) is 0 Å². The van der Waals surface area contributed by atoms with Gasteiger partial charge >= 0.3 is 5.97 Å². The van der Waals surface area contributed by atoms with Crippen LogP contribution in [0.25, 0.3) is 11.6 Å². The number of H-pyrrole nitrogens is 1. The van der Waals surface area contributed by atoms with E-state index >= 15 is 0 Å². The molecule has 1 heterocycles. The van der Waals surface area contributed by atoms with Crippen LogP contribution in [0.3, 0.4) is 0 Å². The van der Waals surface area contributed by atoms with E-state index in [1.54, 1.807) is 35.9 Å². The maximum Gasteiger partial charge on any atom is 0.341 e. The Morgan fingerprint density at radius 1 is 1.10 bits per heavy atom. The zero-order valence-corrected chi connectivity index (χ0v) is 29.6. The second-order valence-electron chi connectivity index (χ2n) is 11.0. The third-order valence-corrected chi connectivity index (χ3v) is 9.17. The summed E-state index contributed by atoms with van der Waals surface area (Å²) < 4.78 is 11.8. The maximum atomic E-state index is 12.0. The maximum absolute atomic E-state index is 12.0. The normalized spacial score (nSPS) is 15.2. The SMILES string of the molecule is CO/C=C(/C(=O)OC)c1ccccc1O/N=C(C)/C=C/c1ccc(Cl)cc1.OC(Cc1ccccc1Cl)(Cn1[nH]cnc1=S)C1(Cl)CC1. The van der Waals surface area contributed by atoms with Crippen LogP contribution in [0, 0.1) is 4.77 Å². The van der Waals surface area contributed by atoms with Crippen LogP contribution in [0.15, 0.2) is 96.6 Å². The molecule has 9 nitrogen and oxygen atoms in total. The minimum atomic E-state index is -1.13. The summed E-state index contributed by atoms with van der Waals surface area (Å²) in [5.41, 5.74) is 2.13. The number of ether oxygens (including phenoxy) is 2. The first-order valence-electron chi connectivity index (χ1n) is 14.8. The Balaban J connectivity index is 0.000000223. The highest BCUT2D eigenvalue weighted by Gasteiger charge is 2.58. The largest absolute Gasteiger partial charge is 0.503 e. The fraction of sp³-hybridized carbons (Fsp3) is 0.257. The average molecular weight is 730 g/mol. The van der Waals surface area contributed by atoms with E-state index in [0.717, 1.165) is 24.0 Å². The molecule has 1 aromatic heterocycles. The van der Waals surface area contributed by atoms with Crippen molar-refractivity contribution in [1.82, 2.24) is 14.8 Å². The minimum absolute atomic E-state index is 0.236. The van der Waals surface area contributed by atoms with Gasteiger partial charge in [-0.3, -0.25) is 9.78 Å². The second-order valence-corrected chi connectivity index (χ2v) is 12.9. The van der Waals surface area contributed by atoms with Gasteiger partial charge in [-0.1, -0.05) is 83.0 Å². The minimum Gasteiger partial charge on any atom is -0.503 e.